The molecule has 0 N–H and O–H groups in total. The Morgan fingerprint density at radius 3 is 2.89 bits per heavy atom. The van der Waals surface area contributed by atoms with Crippen LogP contribution >= 0.6 is 0 Å². The summed E-state index contributed by atoms with van der Waals surface area (Å²) in [6.07, 6.45) is 5.39. The summed E-state index contributed by atoms with van der Waals surface area (Å²) in [7, 11) is 2.05. The number of nitrogens with zero attached hydrogens (tertiary/aromatic N) is 3. The average molecular weight is 251 g/mol. The summed E-state index contributed by atoms with van der Waals surface area (Å²) in [5, 5.41) is 3.25. The summed E-state index contributed by atoms with van der Waals surface area (Å²) < 4.78 is 0. The van der Waals surface area contributed by atoms with Crippen LogP contribution < -0.4 is 0 Å². The van der Waals surface area contributed by atoms with E-state index in [0.717, 1.165) is 38.0 Å². The predicted molar refractivity (Wildman–Crippen MR) is 70.2 cm³/mol. The maximum Gasteiger partial charge on any atom is 0.222 e. The van der Waals surface area contributed by atoms with Crippen molar-refractivity contribution >= 4 is 5.91 Å². The van der Waals surface area contributed by atoms with Gasteiger partial charge in [-0.15, -0.1) is 0 Å². The molecular weight excluding hydrogens is 230 g/mol. The van der Waals surface area contributed by atoms with E-state index in [4.69, 9.17) is 0 Å². The number of hydrogen-bond donors (Lipinski definition) is 0. The van der Waals surface area contributed by atoms with Crippen molar-refractivity contribution in [3.05, 3.63) is 16.6 Å². The van der Waals surface area contributed by atoms with Crippen LogP contribution in [0.3, 0.4) is 0 Å². The lowest BCUT2D eigenvalue weighted by atomic mass is 10.00. The van der Waals surface area contributed by atoms with Crippen molar-refractivity contribution in [2.75, 3.05) is 33.2 Å². The van der Waals surface area contributed by atoms with Gasteiger partial charge in [-0.05, 0) is 31.9 Å². The van der Waals surface area contributed by atoms with E-state index in [1.54, 1.807) is 0 Å². The van der Waals surface area contributed by atoms with E-state index in [-0.39, 0.29) is 11.9 Å². The standard InChI is InChI=1S/C13H21N3O2/c1-15-7-2-4-11(10-15)12(14-18)6-9-16-8-3-5-13(16)17/h4,12H,2-3,5-10H2,1H3. The summed E-state index contributed by atoms with van der Waals surface area (Å²) in [5.41, 5.74) is 1.12. The molecule has 2 aliphatic rings. The highest BCUT2D eigenvalue weighted by molar-refractivity contribution is 5.78. The summed E-state index contributed by atoms with van der Waals surface area (Å²) in [6.45, 7) is 3.36. The zero-order valence-corrected chi connectivity index (χ0v) is 11.0. The van der Waals surface area contributed by atoms with Crippen LogP contribution in [0.5, 0.6) is 0 Å². The summed E-state index contributed by atoms with van der Waals surface area (Å²) in [6, 6.07) is -0.263. The number of amides is 1. The van der Waals surface area contributed by atoms with Gasteiger partial charge in [0.2, 0.25) is 5.91 Å². The second-order valence-corrected chi connectivity index (χ2v) is 5.20. The van der Waals surface area contributed by atoms with Gasteiger partial charge in [0.15, 0.2) is 0 Å². The van der Waals surface area contributed by atoms with Gasteiger partial charge in [-0.3, -0.25) is 4.79 Å². The molecule has 0 aromatic rings. The van der Waals surface area contributed by atoms with Gasteiger partial charge in [0.25, 0.3) is 0 Å². The summed E-state index contributed by atoms with van der Waals surface area (Å²) >= 11 is 0. The number of hydrogen-bond acceptors (Lipinski definition) is 4. The molecular formula is C13H21N3O2. The first kappa shape index (κ1) is 13.2. The molecule has 0 saturated carbocycles. The first-order valence-electron chi connectivity index (χ1n) is 6.68. The molecule has 5 heteroatoms. The molecule has 5 nitrogen and oxygen atoms in total. The Bertz CT molecular complexity index is 354. The molecule has 1 saturated heterocycles. The van der Waals surface area contributed by atoms with Crippen molar-refractivity contribution in [2.45, 2.75) is 31.7 Å². The van der Waals surface area contributed by atoms with Crippen molar-refractivity contribution in [2.24, 2.45) is 5.18 Å². The summed E-state index contributed by atoms with van der Waals surface area (Å²) in [4.78, 5) is 26.5. The van der Waals surface area contributed by atoms with Gasteiger partial charge in [0, 0.05) is 32.6 Å². The van der Waals surface area contributed by atoms with Crippen LogP contribution in [0.15, 0.2) is 16.8 Å². The third kappa shape index (κ3) is 3.16. The van der Waals surface area contributed by atoms with Crippen LogP contribution in [0.4, 0.5) is 0 Å². The minimum atomic E-state index is -0.263. The fraction of sp³-hybridized carbons (Fsp3) is 0.769. The topological polar surface area (TPSA) is 53.0 Å². The van der Waals surface area contributed by atoms with Crippen LogP contribution in [0, 0.1) is 4.91 Å². The van der Waals surface area contributed by atoms with Gasteiger partial charge in [0.05, 0.1) is 0 Å². The molecule has 0 spiro atoms. The molecule has 0 aromatic carbocycles. The van der Waals surface area contributed by atoms with Crippen molar-refractivity contribution in [3.8, 4) is 0 Å². The van der Waals surface area contributed by atoms with E-state index in [2.05, 4.69) is 23.2 Å². The Hall–Kier alpha value is -1.23. The van der Waals surface area contributed by atoms with E-state index in [1.165, 1.54) is 0 Å². The second-order valence-electron chi connectivity index (χ2n) is 5.20. The Kier molecular flexibility index (Phi) is 4.47. The number of carbonyl (C=O) groups excluding carboxylic acids is 1. The quantitative estimate of drug-likeness (QED) is 0.548. The Morgan fingerprint density at radius 1 is 1.44 bits per heavy atom. The molecule has 2 heterocycles. The zero-order chi connectivity index (χ0) is 13.0. The Labute approximate surface area is 108 Å². The SMILES string of the molecule is CN1CCC=C(C(CCN2CCCC2=O)N=O)C1. The van der Waals surface area contributed by atoms with Crippen molar-refractivity contribution in [1.82, 2.24) is 9.80 Å². The van der Waals surface area contributed by atoms with E-state index in [9.17, 15) is 9.70 Å². The lowest BCUT2D eigenvalue weighted by Crippen LogP contribution is -2.32. The second kappa shape index (κ2) is 6.09. The largest absolute Gasteiger partial charge is 0.343 e. The van der Waals surface area contributed by atoms with Crippen molar-refractivity contribution < 1.29 is 4.79 Å². The lowest BCUT2D eigenvalue weighted by molar-refractivity contribution is -0.127. The highest BCUT2D eigenvalue weighted by atomic mass is 16.3. The zero-order valence-electron chi connectivity index (χ0n) is 11.0. The number of likely N-dealkylation sites (N-methyl/N-ethyl adjacent to an activating group) is 1. The number of likely N-dealkylation sites (tertiary alicyclic amines) is 1. The lowest BCUT2D eigenvalue weighted by Gasteiger charge is -2.26. The van der Waals surface area contributed by atoms with Gasteiger partial charge in [-0.25, -0.2) is 0 Å². The van der Waals surface area contributed by atoms with Crippen LogP contribution in [-0.4, -0.2) is 55.0 Å². The normalized spacial score (nSPS) is 23.1. The summed E-state index contributed by atoms with van der Waals surface area (Å²) in [5.74, 6) is 0.217. The molecule has 100 valence electrons. The molecule has 0 aliphatic carbocycles. The fourth-order valence-electron chi connectivity index (χ4n) is 2.69. The predicted octanol–water partition coefficient (Wildman–Crippen LogP) is 1.40. The van der Waals surface area contributed by atoms with Crippen LogP contribution in [-0.2, 0) is 4.79 Å². The number of carbonyl (C=O) groups is 1. The fourth-order valence-corrected chi connectivity index (χ4v) is 2.69. The third-order valence-electron chi connectivity index (χ3n) is 3.77. The molecule has 2 aliphatic heterocycles. The van der Waals surface area contributed by atoms with Crippen LogP contribution in [0.1, 0.15) is 25.7 Å². The van der Waals surface area contributed by atoms with E-state index >= 15 is 0 Å². The van der Waals surface area contributed by atoms with Crippen molar-refractivity contribution in [3.63, 3.8) is 0 Å². The maximum absolute atomic E-state index is 11.5. The monoisotopic (exact) mass is 251 g/mol. The maximum atomic E-state index is 11.5. The minimum Gasteiger partial charge on any atom is -0.343 e. The van der Waals surface area contributed by atoms with Gasteiger partial charge < -0.3 is 9.80 Å². The number of nitroso groups, excluding NO2 is 1. The van der Waals surface area contributed by atoms with E-state index in [1.807, 2.05) is 4.90 Å². The van der Waals surface area contributed by atoms with Gasteiger partial charge >= 0.3 is 0 Å². The highest BCUT2D eigenvalue weighted by Crippen LogP contribution is 2.19. The molecule has 1 fully saturated rings. The molecule has 1 unspecified atom stereocenters. The smallest absolute Gasteiger partial charge is 0.222 e. The molecule has 0 bridgehead atoms. The Balaban J connectivity index is 1.87. The highest BCUT2D eigenvalue weighted by Gasteiger charge is 2.24. The Morgan fingerprint density at radius 2 is 2.28 bits per heavy atom. The molecule has 1 atom stereocenters. The minimum absolute atomic E-state index is 0.217. The number of rotatable bonds is 5. The van der Waals surface area contributed by atoms with Gasteiger partial charge in [-0.1, -0.05) is 11.3 Å². The van der Waals surface area contributed by atoms with E-state index < -0.39 is 0 Å². The van der Waals surface area contributed by atoms with Crippen molar-refractivity contribution in [1.29, 1.82) is 0 Å². The third-order valence-corrected chi connectivity index (χ3v) is 3.77. The van der Waals surface area contributed by atoms with Crippen LogP contribution in [0.25, 0.3) is 0 Å². The molecule has 2 rings (SSSR count). The van der Waals surface area contributed by atoms with E-state index in [0.29, 0.717) is 19.4 Å². The molecule has 0 aromatic heterocycles. The van der Waals surface area contributed by atoms with Gasteiger partial charge in [0.1, 0.15) is 6.04 Å². The first-order chi connectivity index (χ1) is 8.70. The average Bonchev–Trinajstić information content (AvgIpc) is 2.76. The molecule has 1 amide bonds. The first-order valence-corrected chi connectivity index (χ1v) is 6.68. The molecule has 18 heavy (non-hydrogen) atoms. The van der Waals surface area contributed by atoms with Gasteiger partial charge in [-0.2, -0.15) is 4.91 Å². The molecule has 0 radical (unpaired) electrons. The van der Waals surface area contributed by atoms with Crippen LogP contribution in [0.2, 0.25) is 0 Å².